The number of carbonyl (C=O) groups is 2. The molecule has 1 amide bonds. The summed E-state index contributed by atoms with van der Waals surface area (Å²) >= 11 is 1.66. The Morgan fingerprint density at radius 2 is 2.00 bits per heavy atom. The fourth-order valence-corrected chi connectivity index (χ4v) is 4.11. The maximum absolute atomic E-state index is 12.8. The zero-order valence-electron chi connectivity index (χ0n) is 13.8. The van der Waals surface area contributed by atoms with Gasteiger partial charge in [0.25, 0.3) is 0 Å². The van der Waals surface area contributed by atoms with Crippen LogP contribution in [0.25, 0.3) is 0 Å². The molecule has 0 aliphatic carbocycles. The van der Waals surface area contributed by atoms with Crippen molar-refractivity contribution in [1.29, 1.82) is 0 Å². The number of carboxylic acids is 1. The summed E-state index contributed by atoms with van der Waals surface area (Å²) in [4.78, 5) is 25.8. The Morgan fingerprint density at radius 3 is 2.61 bits per heavy atom. The van der Waals surface area contributed by atoms with Gasteiger partial charge in [0.15, 0.2) is 0 Å². The molecule has 0 bridgehead atoms. The standard InChI is InChI=1S/C18H25NO3S/c1-13(2)16(23-12-14-7-4-3-5-8-14)17(20)19-10-6-9-15(11-19)18(21)22/h3-5,7-8,13,15-16H,6,9-12H2,1-2H3,(H,21,22)/t15-,16?/m0/s1. The first-order chi connectivity index (χ1) is 11.0. The van der Waals surface area contributed by atoms with E-state index in [1.807, 2.05) is 18.2 Å². The van der Waals surface area contributed by atoms with Gasteiger partial charge in [0.1, 0.15) is 0 Å². The minimum Gasteiger partial charge on any atom is -0.481 e. The SMILES string of the molecule is CC(C)C(SCc1ccccc1)C(=O)N1CCC[C@H](C(=O)O)C1. The highest BCUT2D eigenvalue weighted by atomic mass is 32.2. The van der Waals surface area contributed by atoms with Crippen LogP contribution in [0.5, 0.6) is 0 Å². The van der Waals surface area contributed by atoms with E-state index in [1.165, 1.54) is 5.56 Å². The molecule has 126 valence electrons. The van der Waals surface area contributed by atoms with E-state index < -0.39 is 11.9 Å². The second kappa shape index (κ2) is 8.39. The Balaban J connectivity index is 1.99. The number of carbonyl (C=O) groups excluding carboxylic acids is 1. The number of likely N-dealkylation sites (tertiary alicyclic amines) is 1. The van der Waals surface area contributed by atoms with Gasteiger partial charge in [-0.1, -0.05) is 44.2 Å². The molecule has 2 rings (SSSR count). The Labute approximate surface area is 142 Å². The van der Waals surface area contributed by atoms with Crippen molar-refractivity contribution in [2.24, 2.45) is 11.8 Å². The summed E-state index contributed by atoms with van der Waals surface area (Å²) in [6.07, 6.45) is 1.44. The smallest absolute Gasteiger partial charge is 0.308 e. The van der Waals surface area contributed by atoms with E-state index in [2.05, 4.69) is 26.0 Å². The predicted octanol–water partition coefficient (Wildman–Crippen LogP) is 3.27. The van der Waals surface area contributed by atoms with Crippen LogP contribution < -0.4 is 0 Å². The van der Waals surface area contributed by atoms with Gasteiger partial charge in [-0.3, -0.25) is 9.59 Å². The Morgan fingerprint density at radius 1 is 1.30 bits per heavy atom. The number of benzene rings is 1. The highest BCUT2D eigenvalue weighted by Gasteiger charge is 2.33. The van der Waals surface area contributed by atoms with Crippen molar-refractivity contribution >= 4 is 23.6 Å². The predicted molar refractivity (Wildman–Crippen MR) is 93.3 cm³/mol. The fourth-order valence-electron chi connectivity index (χ4n) is 2.87. The molecular formula is C18H25NO3S. The molecule has 1 fully saturated rings. The van der Waals surface area contributed by atoms with Crippen molar-refractivity contribution in [1.82, 2.24) is 4.90 Å². The summed E-state index contributed by atoms with van der Waals surface area (Å²) in [6, 6.07) is 10.1. The molecule has 5 heteroatoms. The number of piperidine rings is 1. The average Bonchev–Trinajstić information content (AvgIpc) is 2.55. The van der Waals surface area contributed by atoms with Crippen molar-refractivity contribution in [2.75, 3.05) is 13.1 Å². The van der Waals surface area contributed by atoms with Crippen LogP contribution >= 0.6 is 11.8 Å². The largest absolute Gasteiger partial charge is 0.481 e. The molecule has 1 unspecified atom stereocenters. The molecule has 1 aromatic carbocycles. The second-order valence-electron chi connectivity index (χ2n) is 6.42. The Bertz CT molecular complexity index is 532. The molecule has 1 aliphatic heterocycles. The molecule has 0 aromatic heterocycles. The molecule has 1 aliphatic rings. The number of amides is 1. The first kappa shape index (κ1) is 17.9. The van der Waals surface area contributed by atoms with Gasteiger partial charge in [0.2, 0.25) is 5.91 Å². The highest BCUT2D eigenvalue weighted by molar-refractivity contribution is 7.99. The van der Waals surface area contributed by atoms with E-state index in [9.17, 15) is 14.7 Å². The number of carboxylic acid groups (broad SMARTS) is 1. The molecule has 1 N–H and O–H groups in total. The van der Waals surface area contributed by atoms with E-state index >= 15 is 0 Å². The van der Waals surface area contributed by atoms with Gasteiger partial charge < -0.3 is 10.0 Å². The zero-order chi connectivity index (χ0) is 16.8. The van der Waals surface area contributed by atoms with E-state index in [-0.39, 0.29) is 17.1 Å². The number of aliphatic carboxylic acids is 1. The molecular weight excluding hydrogens is 310 g/mol. The normalized spacial score (nSPS) is 19.6. The average molecular weight is 335 g/mol. The van der Waals surface area contributed by atoms with Crippen LogP contribution in [0.1, 0.15) is 32.3 Å². The monoisotopic (exact) mass is 335 g/mol. The topological polar surface area (TPSA) is 57.6 Å². The summed E-state index contributed by atoms with van der Waals surface area (Å²) in [5.74, 6) is -0.0977. The van der Waals surface area contributed by atoms with E-state index in [0.29, 0.717) is 19.5 Å². The maximum Gasteiger partial charge on any atom is 0.308 e. The molecule has 1 heterocycles. The van der Waals surface area contributed by atoms with Crippen LogP contribution in [-0.4, -0.2) is 40.2 Å². The van der Waals surface area contributed by atoms with Gasteiger partial charge in [0.05, 0.1) is 11.2 Å². The summed E-state index contributed by atoms with van der Waals surface area (Å²) in [5, 5.41) is 9.07. The van der Waals surface area contributed by atoms with Crippen LogP contribution in [0, 0.1) is 11.8 Å². The van der Waals surface area contributed by atoms with Gasteiger partial charge >= 0.3 is 5.97 Å². The molecule has 0 radical (unpaired) electrons. The Kier molecular flexibility index (Phi) is 6.51. The number of thioether (sulfide) groups is 1. The molecule has 0 spiro atoms. The van der Waals surface area contributed by atoms with Crippen molar-refractivity contribution < 1.29 is 14.7 Å². The highest BCUT2D eigenvalue weighted by Crippen LogP contribution is 2.27. The first-order valence-corrected chi connectivity index (χ1v) is 9.21. The van der Waals surface area contributed by atoms with Crippen LogP contribution in [0.15, 0.2) is 30.3 Å². The molecule has 0 saturated carbocycles. The number of hydrogen-bond donors (Lipinski definition) is 1. The fraction of sp³-hybridized carbons (Fsp3) is 0.556. The van der Waals surface area contributed by atoms with Gasteiger partial charge in [-0.15, -0.1) is 11.8 Å². The quantitative estimate of drug-likeness (QED) is 0.867. The summed E-state index contributed by atoms with van der Waals surface area (Å²) in [5.41, 5.74) is 1.21. The lowest BCUT2D eigenvalue weighted by Crippen LogP contribution is -2.47. The lowest BCUT2D eigenvalue weighted by Gasteiger charge is -2.34. The Hall–Kier alpha value is -1.49. The van der Waals surface area contributed by atoms with E-state index in [0.717, 1.165) is 12.2 Å². The first-order valence-electron chi connectivity index (χ1n) is 8.16. The molecule has 1 saturated heterocycles. The van der Waals surface area contributed by atoms with Crippen molar-refractivity contribution in [3.05, 3.63) is 35.9 Å². The van der Waals surface area contributed by atoms with Gasteiger partial charge in [-0.25, -0.2) is 0 Å². The van der Waals surface area contributed by atoms with Crippen LogP contribution in [0.3, 0.4) is 0 Å². The van der Waals surface area contributed by atoms with Gasteiger partial charge in [0, 0.05) is 18.8 Å². The van der Waals surface area contributed by atoms with Crippen molar-refractivity contribution in [3.63, 3.8) is 0 Å². The maximum atomic E-state index is 12.8. The lowest BCUT2D eigenvalue weighted by molar-refractivity contribution is -0.145. The minimum atomic E-state index is -0.791. The van der Waals surface area contributed by atoms with Crippen LogP contribution in [0.4, 0.5) is 0 Å². The van der Waals surface area contributed by atoms with Crippen LogP contribution in [-0.2, 0) is 15.3 Å². The summed E-state index contributed by atoms with van der Waals surface area (Å²) in [7, 11) is 0. The lowest BCUT2D eigenvalue weighted by atomic mass is 9.97. The number of rotatable bonds is 6. The summed E-state index contributed by atoms with van der Waals surface area (Å²) < 4.78 is 0. The third-order valence-corrected chi connectivity index (χ3v) is 5.81. The number of hydrogen-bond acceptors (Lipinski definition) is 3. The minimum absolute atomic E-state index is 0.0897. The molecule has 4 nitrogen and oxygen atoms in total. The van der Waals surface area contributed by atoms with Crippen LogP contribution in [0.2, 0.25) is 0 Å². The third kappa shape index (κ3) is 4.99. The van der Waals surface area contributed by atoms with Gasteiger partial charge in [-0.2, -0.15) is 0 Å². The van der Waals surface area contributed by atoms with E-state index in [4.69, 9.17) is 0 Å². The molecule has 23 heavy (non-hydrogen) atoms. The number of nitrogens with zero attached hydrogens (tertiary/aromatic N) is 1. The molecule has 1 aromatic rings. The van der Waals surface area contributed by atoms with E-state index in [1.54, 1.807) is 16.7 Å². The van der Waals surface area contributed by atoms with Crippen molar-refractivity contribution in [2.45, 2.75) is 37.7 Å². The third-order valence-electron chi connectivity index (χ3n) is 4.20. The second-order valence-corrected chi connectivity index (χ2v) is 7.55. The zero-order valence-corrected chi connectivity index (χ0v) is 14.6. The molecule has 2 atom stereocenters. The van der Waals surface area contributed by atoms with Gasteiger partial charge in [-0.05, 0) is 24.3 Å². The summed E-state index contributed by atoms with van der Waals surface area (Å²) in [6.45, 7) is 5.14. The van der Waals surface area contributed by atoms with Crippen molar-refractivity contribution in [3.8, 4) is 0 Å².